The molecular formula is C27H28FN5O6. The number of carbonyl (C=O) groups excluding carboxylic acids is 2. The van der Waals surface area contributed by atoms with Crippen molar-refractivity contribution in [2.75, 3.05) is 30.4 Å². The number of carbonyl (C=O) groups is 3. The fraction of sp³-hybridized carbons (Fsp3) is 0.333. The minimum absolute atomic E-state index is 0.204. The van der Waals surface area contributed by atoms with Crippen LogP contribution in [0, 0.1) is 5.82 Å². The second kappa shape index (κ2) is 10.1. The molecule has 0 unspecified atom stereocenters. The van der Waals surface area contributed by atoms with Gasteiger partial charge in [0.2, 0.25) is 5.91 Å². The Morgan fingerprint density at radius 3 is 2.79 bits per heavy atom. The van der Waals surface area contributed by atoms with Crippen molar-refractivity contribution >= 4 is 40.4 Å². The van der Waals surface area contributed by atoms with Gasteiger partial charge in [-0.2, -0.15) is 0 Å². The number of hydrogen-bond acceptors (Lipinski definition) is 8. The summed E-state index contributed by atoms with van der Waals surface area (Å²) >= 11 is 0. The Labute approximate surface area is 223 Å². The third kappa shape index (κ3) is 5.33. The number of aliphatic hydroxyl groups is 1. The number of amides is 2. The molecule has 1 aromatic carbocycles. The van der Waals surface area contributed by atoms with Crippen LogP contribution in [-0.4, -0.2) is 75.4 Å². The van der Waals surface area contributed by atoms with Gasteiger partial charge in [0, 0.05) is 35.1 Å². The van der Waals surface area contributed by atoms with Crippen LogP contribution < -0.4 is 16.0 Å². The van der Waals surface area contributed by atoms with E-state index >= 15 is 0 Å². The molecule has 0 spiro atoms. The molecule has 204 valence electrons. The predicted octanol–water partition coefficient (Wildman–Crippen LogP) is 1.78. The van der Waals surface area contributed by atoms with Crippen LogP contribution in [0.25, 0.3) is 11.1 Å². The number of halogens is 1. The van der Waals surface area contributed by atoms with Crippen molar-refractivity contribution < 1.29 is 33.7 Å². The number of nitrogens with zero attached hydrogens (tertiary/aromatic N) is 2. The topological polar surface area (TPSA) is 153 Å². The lowest BCUT2D eigenvalue weighted by Crippen LogP contribution is -2.46. The molecule has 0 bridgehead atoms. The van der Waals surface area contributed by atoms with E-state index < -0.39 is 42.0 Å². The molecule has 2 amide bonds. The van der Waals surface area contributed by atoms with E-state index in [1.807, 2.05) is 19.9 Å². The zero-order chi connectivity index (χ0) is 27.9. The summed E-state index contributed by atoms with van der Waals surface area (Å²) in [7, 11) is 0. The van der Waals surface area contributed by atoms with Gasteiger partial charge in [0.1, 0.15) is 29.5 Å². The third-order valence-corrected chi connectivity index (χ3v) is 6.90. The number of fused-ring (bicyclic) bond motifs is 1. The molecule has 1 fully saturated rings. The summed E-state index contributed by atoms with van der Waals surface area (Å²) in [5.74, 6) is -1.54. The van der Waals surface area contributed by atoms with Crippen molar-refractivity contribution in [3.63, 3.8) is 0 Å². The number of ether oxygens (including phenoxy) is 1. The Balaban J connectivity index is 1.31. The summed E-state index contributed by atoms with van der Waals surface area (Å²) in [6.45, 7) is 3.72. The van der Waals surface area contributed by atoms with Crippen molar-refractivity contribution in [3.05, 3.63) is 65.3 Å². The average Bonchev–Trinajstić information content (AvgIpc) is 3.52. The fourth-order valence-electron chi connectivity index (χ4n) is 5.05. The fourth-order valence-corrected chi connectivity index (χ4v) is 5.05. The molecule has 1 aromatic heterocycles. The molecule has 0 saturated carbocycles. The highest BCUT2D eigenvalue weighted by atomic mass is 19.1. The predicted molar refractivity (Wildman–Crippen MR) is 140 cm³/mol. The van der Waals surface area contributed by atoms with Crippen molar-refractivity contribution in [1.29, 1.82) is 0 Å². The molecule has 0 aliphatic carbocycles. The van der Waals surface area contributed by atoms with E-state index in [1.54, 1.807) is 23.2 Å². The van der Waals surface area contributed by atoms with E-state index in [9.17, 15) is 23.9 Å². The number of aliphatic carboxylic acids is 1. The van der Waals surface area contributed by atoms with E-state index in [0.717, 1.165) is 11.1 Å². The second-order valence-corrected chi connectivity index (χ2v) is 10.1. The minimum Gasteiger partial charge on any atom is -0.482 e. The minimum atomic E-state index is -1.14. The van der Waals surface area contributed by atoms with Crippen LogP contribution in [0.15, 0.2) is 48.4 Å². The summed E-state index contributed by atoms with van der Waals surface area (Å²) in [5.41, 5.74) is 2.02. The van der Waals surface area contributed by atoms with Gasteiger partial charge in [-0.15, -0.1) is 0 Å². The first-order valence-corrected chi connectivity index (χ1v) is 12.4. The molecule has 39 heavy (non-hydrogen) atoms. The molecule has 2 atom stereocenters. The standard InChI is InChI=1S/C27H28FN5O6/c1-27(2)18(9-21(39-27)24-17-7-15(28)4-5-19(17)32-26(24)38)14-3-6-22(29-10-14)31-13-33-12-16(34)8-20(33)25(37)30-11-23(35)36/h3-7,9-10,16,20,34H,8,11-13H2,1-2H3,(H,29,31)(H,30,37)(H,32,38)(H,35,36)/b24-21+/t16-,20+/m1/s1. The zero-order valence-corrected chi connectivity index (χ0v) is 21.3. The number of nitrogens with one attached hydrogen (secondary N) is 3. The lowest BCUT2D eigenvalue weighted by Gasteiger charge is -2.24. The number of pyridine rings is 1. The van der Waals surface area contributed by atoms with Crippen molar-refractivity contribution in [2.24, 2.45) is 0 Å². The quantitative estimate of drug-likeness (QED) is 0.333. The molecular weight excluding hydrogens is 509 g/mol. The van der Waals surface area contributed by atoms with E-state index in [1.165, 1.54) is 18.2 Å². The second-order valence-electron chi connectivity index (χ2n) is 10.1. The molecule has 2 aromatic rings. The summed E-state index contributed by atoms with van der Waals surface area (Å²) < 4.78 is 20.0. The van der Waals surface area contributed by atoms with E-state index in [-0.39, 0.29) is 31.1 Å². The van der Waals surface area contributed by atoms with Crippen LogP contribution in [0.3, 0.4) is 0 Å². The van der Waals surface area contributed by atoms with Gasteiger partial charge < -0.3 is 30.9 Å². The van der Waals surface area contributed by atoms with E-state index in [4.69, 9.17) is 9.84 Å². The number of aromatic nitrogens is 1. The number of aliphatic hydroxyl groups excluding tert-OH is 1. The first kappa shape index (κ1) is 26.3. The summed E-state index contributed by atoms with van der Waals surface area (Å²) in [6.07, 6.45) is 2.93. The number of benzene rings is 1. The highest BCUT2D eigenvalue weighted by Gasteiger charge is 2.38. The van der Waals surface area contributed by atoms with Crippen LogP contribution in [-0.2, 0) is 19.1 Å². The van der Waals surface area contributed by atoms with Gasteiger partial charge >= 0.3 is 5.97 Å². The van der Waals surface area contributed by atoms with Crippen LogP contribution in [0.5, 0.6) is 0 Å². The summed E-state index contributed by atoms with van der Waals surface area (Å²) in [5, 5.41) is 27.1. The Kier molecular flexibility index (Phi) is 6.83. The number of likely N-dealkylation sites (tertiary alicyclic amines) is 1. The number of carboxylic acids is 1. The van der Waals surface area contributed by atoms with Crippen LogP contribution in [0.2, 0.25) is 0 Å². The lowest BCUT2D eigenvalue weighted by molar-refractivity contribution is -0.138. The maximum Gasteiger partial charge on any atom is 0.322 e. The molecule has 5 rings (SSSR count). The molecule has 11 nitrogen and oxygen atoms in total. The number of anilines is 2. The van der Waals surface area contributed by atoms with Crippen LogP contribution in [0.4, 0.5) is 15.9 Å². The molecule has 12 heteroatoms. The van der Waals surface area contributed by atoms with Gasteiger partial charge in [0.05, 0.1) is 24.4 Å². The Bertz CT molecular complexity index is 1400. The van der Waals surface area contributed by atoms with Crippen molar-refractivity contribution in [1.82, 2.24) is 15.2 Å². The van der Waals surface area contributed by atoms with Gasteiger partial charge in [0.15, 0.2) is 0 Å². The largest absolute Gasteiger partial charge is 0.482 e. The number of allylic oxidation sites excluding steroid dienone is 1. The molecule has 4 heterocycles. The van der Waals surface area contributed by atoms with Gasteiger partial charge in [-0.25, -0.2) is 9.37 Å². The molecule has 1 saturated heterocycles. The summed E-state index contributed by atoms with van der Waals surface area (Å²) in [6, 6.07) is 7.05. The number of hydrogen-bond donors (Lipinski definition) is 5. The normalized spacial score (nSPS) is 23.6. The summed E-state index contributed by atoms with van der Waals surface area (Å²) in [4.78, 5) is 42.0. The average molecular weight is 538 g/mol. The number of rotatable bonds is 7. The molecule has 5 N–H and O–H groups in total. The van der Waals surface area contributed by atoms with Crippen molar-refractivity contribution in [3.8, 4) is 0 Å². The van der Waals surface area contributed by atoms with Gasteiger partial charge in [-0.05, 0) is 56.7 Å². The SMILES string of the molecule is CC1(C)O/C(=C2/C(=O)Nc3ccc(F)cc32)C=C1c1ccc(NCN2C[C@H](O)C[C@H]2C(=O)NCC(=O)O)nc1. The first-order chi connectivity index (χ1) is 18.5. The molecule has 3 aliphatic heterocycles. The van der Waals surface area contributed by atoms with E-state index in [2.05, 4.69) is 20.9 Å². The maximum atomic E-state index is 13.9. The molecule has 3 aliphatic rings. The first-order valence-electron chi connectivity index (χ1n) is 12.4. The Hall–Kier alpha value is -4.29. The van der Waals surface area contributed by atoms with Crippen LogP contribution >= 0.6 is 0 Å². The maximum absolute atomic E-state index is 13.9. The molecule has 0 radical (unpaired) electrons. The van der Waals surface area contributed by atoms with Crippen molar-refractivity contribution in [2.45, 2.75) is 38.0 Å². The zero-order valence-electron chi connectivity index (χ0n) is 21.3. The highest BCUT2D eigenvalue weighted by molar-refractivity contribution is 6.32. The smallest absolute Gasteiger partial charge is 0.322 e. The Morgan fingerprint density at radius 2 is 2.08 bits per heavy atom. The van der Waals surface area contributed by atoms with Gasteiger partial charge in [-0.1, -0.05) is 0 Å². The van der Waals surface area contributed by atoms with Gasteiger partial charge in [0.25, 0.3) is 5.91 Å². The number of β-amino-alcohol motifs (C(OH)–C–C–N with tert-alkyl or cyclic N) is 1. The Morgan fingerprint density at radius 1 is 1.28 bits per heavy atom. The highest BCUT2D eigenvalue weighted by Crippen LogP contribution is 2.44. The van der Waals surface area contributed by atoms with Gasteiger partial charge in [-0.3, -0.25) is 19.3 Å². The monoisotopic (exact) mass is 537 g/mol. The third-order valence-electron chi connectivity index (χ3n) is 6.90. The number of carboxylic acid groups (broad SMARTS) is 1. The lowest BCUT2D eigenvalue weighted by atomic mass is 9.93. The van der Waals surface area contributed by atoms with E-state index in [0.29, 0.717) is 22.8 Å². The van der Waals surface area contributed by atoms with Crippen LogP contribution in [0.1, 0.15) is 31.4 Å².